The molecule has 296 valence electrons. The van der Waals surface area contributed by atoms with E-state index >= 15 is 0 Å². The lowest BCUT2D eigenvalue weighted by molar-refractivity contribution is -0.252. The monoisotopic (exact) mass is 735 g/mol. The van der Waals surface area contributed by atoms with Gasteiger partial charge >= 0.3 is 5.97 Å². The van der Waals surface area contributed by atoms with Crippen LogP contribution in [0.1, 0.15) is 127 Å². The second-order valence-electron chi connectivity index (χ2n) is 20.3. The van der Waals surface area contributed by atoms with Crippen molar-refractivity contribution in [2.45, 2.75) is 132 Å². The lowest BCUT2D eigenvalue weighted by Crippen LogP contribution is -2.69. The minimum Gasteiger partial charge on any atom is -0.481 e. The molecule has 0 radical (unpaired) electrons. The molecule has 53 heavy (non-hydrogen) atoms. The summed E-state index contributed by atoms with van der Waals surface area (Å²) in [5.41, 5.74) is 6.64. The second kappa shape index (κ2) is 13.1. The molecule has 10 nitrogen and oxygen atoms in total. The van der Waals surface area contributed by atoms with Crippen LogP contribution < -0.4 is 5.73 Å². The smallest absolute Gasteiger partial charge is 0.307 e. The number of fused-ring (bicyclic) bond motifs is 3. The normalized spacial score (nSPS) is 42.7. The summed E-state index contributed by atoms with van der Waals surface area (Å²) >= 11 is 0. The molecule has 4 aliphatic carbocycles. The summed E-state index contributed by atoms with van der Waals surface area (Å²) in [4.78, 5) is 25.7. The van der Waals surface area contributed by atoms with Crippen molar-refractivity contribution in [2.75, 3.05) is 39.5 Å². The number of ether oxygens (including phenoxy) is 2. The summed E-state index contributed by atoms with van der Waals surface area (Å²) in [5, 5.41) is 16.2. The predicted molar refractivity (Wildman–Crippen MR) is 208 cm³/mol. The van der Waals surface area contributed by atoms with Crippen molar-refractivity contribution in [3.05, 3.63) is 23.8 Å². The van der Waals surface area contributed by atoms with Crippen LogP contribution in [0.2, 0.25) is 0 Å². The van der Waals surface area contributed by atoms with Gasteiger partial charge in [-0.2, -0.15) is 5.10 Å². The summed E-state index contributed by atoms with van der Waals surface area (Å²) in [5.74, 6) is 2.33. The first kappa shape index (κ1) is 39.0. The molecule has 3 saturated carbocycles. The van der Waals surface area contributed by atoms with Gasteiger partial charge in [0.25, 0.3) is 0 Å². The van der Waals surface area contributed by atoms with E-state index in [0.29, 0.717) is 43.5 Å². The number of nitrogens with zero attached hydrogens (tertiary/aromatic N) is 5. The van der Waals surface area contributed by atoms with Crippen molar-refractivity contribution >= 4 is 11.8 Å². The Bertz CT molecular complexity index is 1640. The molecule has 0 spiro atoms. The van der Waals surface area contributed by atoms with Gasteiger partial charge in [0.1, 0.15) is 6.33 Å². The summed E-state index contributed by atoms with van der Waals surface area (Å²) in [7, 11) is 0. The number of aliphatic imine (C=N–C) groups is 1. The molecule has 0 unspecified atom stereocenters. The molecule has 7 rings (SSSR count). The molecule has 4 fully saturated rings. The Morgan fingerprint density at radius 3 is 2.51 bits per heavy atom. The largest absolute Gasteiger partial charge is 0.481 e. The van der Waals surface area contributed by atoms with Crippen molar-refractivity contribution in [1.82, 2.24) is 19.7 Å². The van der Waals surface area contributed by atoms with Crippen LogP contribution in [0, 0.1) is 62.6 Å². The number of aromatic nitrogens is 3. The van der Waals surface area contributed by atoms with E-state index in [4.69, 9.17) is 30.3 Å². The quantitative estimate of drug-likeness (QED) is 0.241. The highest BCUT2D eigenvalue weighted by molar-refractivity contribution is 5.96. The minimum absolute atomic E-state index is 0.100. The Kier molecular flexibility index (Phi) is 9.66. The van der Waals surface area contributed by atoms with Gasteiger partial charge in [-0.15, -0.1) is 0 Å². The molecular weight excluding hydrogens is 665 g/mol. The fourth-order valence-corrected chi connectivity index (χ4v) is 13.2. The van der Waals surface area contributed by atoms with Gasteiger partial charge < -0.3 is 25.2 Å². The van der Waals surface area contributed by atoms with E-state index in [1.54, 1.807) is 6.33 Å². The minimum atomic E-state index is -0.619. The highest BCUT2D eigenvalue weighted by Crippen LogP contribution is 2.75. The number of carboxylic acids is 1. The zero-order valence-corrected chi connectivity index (χ0v) is 34.7. The Morgan fingerprint density at radius 1 is 1.11 bits per heavy atom. The van der Waals surface area contributed by atoms with Crippen molar-refractivity contribution in [3.63, 3.8) is 0 Å². The number of rotatable bonds is 10. The molecule has 3 N–H and O–H groups in total. The van der Waals surface area contributed by atoms with E-state index in [-0.39, 0.29) is 45.1 Å². The molecule has 1 aromatic heterocycles. The molecule has 1 saturated heterocycles. The number of amidine groups is 1. The van der Waals surface area contributed by atoms with Crippen molar-refractivity contribution < 1.29 is 19.4 Å². The Balaban J connectivity index is 1.35. The van der Waals surface area contributed by atoms with E-state index < -0.39 is 17.4 Å². The van der Waals surface area contributed by atoms with Gasteiger partial charge in [-0.25, -0.2) is 9.67 Å². The Hall–Kier alpha value is -2.30. The third-order valence-electron chi connectivity index (χ3n) is 17.4. The zero-order valence-electron chi connectivity index (χ0n) is 34.7. The lowest BCUT2D eigenvalue weighted by atomic mass is 9.34. The van der Waals surface area contributed by atoms with Crippen LogP contribution >= 0.6 is 0 Å². The molecule has 1 aromatic rings. The van der Waals surface area contributed by atoms with Crippen LogP contribution in [0.25, 0.3) is 0 Å². The molecule has 0 aromatic carbocycles. The Labute approximate surface area is 319 Å². The lowest BCUT2D eigenvalue weighted by Gasteiger charge is -2.71. The molecule has 2 bridgehead atoms. The molecule has 10 heteroatoms. The number of carboxylic acid groups (broad SMARTS) is 1. The summed E-state index contributed by atoms with van der Waals surface area (Å²) in [6.45, 7) is 29.2. The van der Waals surface area contributed by atoms with E-state index in [2.05, 4.69) is 91.8 Å². The first-order valence-electron chi connectivity index (χ1n) is 20.9. The van der Waals surface area contributed by atoms with Gasteiger partial charge in [-0.3, -0.25) is 9.79 Å². The average Bonchev–Trinajstić information content (AvgIpc) is 3.77. The number of nitrogens with two attached hydrogens (primary N) is 1. The van der Waals surface area contributed by atoms with Gasteiger partial charge in [0, 0.05) is 29.5 Å². The average molecular weight is 735 g/mol. The van der Waals surface area contributed by atoms with Crippen LogP contribution in [-0.2, 0) is 14.3 Å². The van der Waals surface area contributed by atoms with Crippen LogP contribution in [0.5, 0.6) is 0 Å². The van der Waals surface area contributed by atoms with Gasteiger partial charge in [-0.05, 0) is 98.2 Å². The Morgan fingerprint density at radius 2 is 1.85 bits per heavy atom. The van der Waals surface area contributed by atoms with Gasteiger partial charge in [0.05, 0.1) is 44.4 Å². The first-order chi connectivity index (χ1) is 24.8. The van der Waals surface area contributed by atoms with E-state index in [0.717, 1.165) is 69.8 Å². The maximum absolute atomic E-state index is 13.6. The number of carbonyl (C=O) groups is 1. The molecular formula is C43H70N6O4. The fraction of sp³-hybridized carbons (Fsp3) is 0.860. The highest BCUT2D eigenvalue weighted by atomic mass is 16.5. The van der Waals surface area contributed by atoms with E-state index in [1.165, 1.54) is 5.57 Å². The first-order valence-corrected chi connectivity index (χ1v) is 20.9. The molecule has 0 amide bonds. The molecule has 12 atom stereocenters. The zero-order chi connectivity index (χ0) is 38.5. The van der Waals surface area contributed by atoms with Crippen LogP contribution in [0.3, 0.4) is 0 Å². The number of hydrogen-bond donors (Lipinski definition) is 2. The maximum atomic E-state index is 13.6. The van der Waals surface area contributed by atoms with Crippen LogP contribution in [0.4, 0.5) is 0 Å². The molecule has 3 heterocycles. The van der Waals surface area contributed by atoms with Gasteiger partial charge in [0.15, 0.2) is 11.7 Å². The van der Waals surface area contributed by atoms with E-state index in [9.17, 15) is 9.90 Å². The number of likely N-dealkylation sites (N-methyl/N-ethyl adjacent to an activating group) is 1. The second-order valence-corrected chi connectivity index (χ2v) is 20.3. The van der Waals surface area contributed by atoms with Crippen LogP contribution in [0.15, 0.2) is 23.0 Å². The summed E-state index contributed by atoms with van der Waals surface area (Å²) in [6.07, 6.45) is 9.77. The SMILES string of the molecule is CCN1CCN=C1c1ncnn1[C@@H]1C[C@@]23COC[C@](C)([C@@H]2CC[C@H]2C3=CC[C@@]3(C)[C@H](C(=O)O)[C@@](C)([C@H](C)C(C)C)CC[C@]23C)[C@H]1OC[C@](C)(N)C(C)C. The summed E-state index contributed by atoms with van der Waals surface area (Å²) in [6, 6.07) is -0.100. The third kappa shape index (κ3) is 5.48. The van der Waals surface area contributed by atoms with Crippen molar-refractivity contribution in [3.8, 4) is 0 Å². The predicted octanol–water partition coefficient (Wildman–Crippen LogP) is 7.25. The maximum Gasteiger partial charge on any atom is 0.307 e. The van der Waals surface area contributed by atoms with E-state index in [1.807, 2.05) is 0 Å². The molecule has 2 aliphatic heterocycles. The molecule has 6 aliphatic rings. The number of hydrogen-bond acceptors (Lipinski definition) is 8. The van der Waals surface area contributed by atoms with Gasteiger partial charge in [0.2, 0.25) is 0 Å². The van der Waals surface area contributed by atoms with Crippen molar-refractivity contribution in [2.24, 2.45) is 73.3 Å². The summed E-state index contributed by atoms with van der Waals surface area (Å²) < 4.78 is 16.1. The van der Waals surface area contributed by atoms with Gasteiger partial charge in [-0.1, -0.05) is 74.0 Å². The third-order valence-corrected chi connectivity index (χ3v) is 17.4. The topological polar surface area (TPSA) is 128 Å². The fourth-order valence-electron chi connectivity index (χ4n) is 13.2. The number of allylic oxidation sites excluding steroid dienone is 1. The van der Waals surface area contributed by atoms with Crippen molar-refractivity contribution in [1.29, 1.82) is 0 Å². The highest BCUT2D eigenvalue weighted by Gasteiger charge is 2.72. The standard InChI is InChI=1S/C43H70N6O4/c1-12-48-20-19-45-35(48)36-46-25-47-49(36)31-21-43-24-52-22-39(8,34(31)53-23-42(11,44)27(4)5)32(43)14-13-29-30(43)15-16-41(10)33(37(50)51)38(7,28(6)26(2)3)17-18-40(29,41)9/h15,25-29,31-34H,12-14,16-24,44H2,1-11H3,(H,50,51)/t28-,29+,31-,32+,33-,34+,38-,39-,40-,41+,42+,43+/m1/s1. The van der Waals surface area contributed by atoms with Crippen LogP contribution in [-0.4, -0.2) is 87.7 Å². The number of aliphatic carboxylic acids is 1.